The second kappa shape index (κ2) is 7.09. The Labute approximate surface area is 163 Å². The second-order valence-electron chi connectivity index (χ2n) is 6.00. The van der Waals surface area contributed by atoms with Crippen LogP contribution >= 0.6 is 22.7 Å². The SMILES string of the molecule is COC(=O)C1=C(C)N=c2s/c(=C\c3ccccc3)c(=O)n2[C@H]1c1cccs1. The Hall–Kier alpha value is -2.77. The second-order valence-corrected chi connectivity index (χ2v) is 7.99. The van der Waals surface area contributed by atoms with Gasteiger partial charge >= 0.3 is 5.97 Å². The predicted octanol–water partition coefficient (Wildman–Crippen LogP) is 2.47. The number of carbonyl (C=O) groups excluding carboxylic acids is 1. The monoisotopic (exact) mass is 396 g/mol. The molecule has 5 nitrogen and oxygen atoms in total. The van der Waals surface area contributed by atoms with Crippen LogP contribution in [0.15, 0.2) is 68.9 Å². The van der Waals surface area contributed by atoms with Crippen LogP contribution in [0.4, 0.5) is 0 Å². The van der Waals surface area contributed by atoms with Crippen molar-refractivity contribution in [3.63, 3.8) is 0 Å². The average molecular weight is 396 g/mol. The first kappa shape index (κ1) is 17.6. The van der Waals surface area contributed by atoms with Gasteiger partial charge in [-0.05, 0) is 30.0 Å². The highest BCUT2D eigenvalue weighted by atomic mass is 32.1. The number of ether oxygens (including phenoxy) is 1. The van der Waals surface area contributed by atoms with E-state index in [0.717, 1.165) is 10.4 Å². The lowest BCUT2D eigenvalue weighted by Crippen LogP contribution is -2.39. The molecule has 0 bridgehead atoms. The summed E-state index contributed by atoms with van der Waals surface area (Å²) in [6, 6.07) is 13.0. The van der Waals surface area contributed by atoms with Crippen LogP contribution < -0.4 is 14.9 Å². The number of carbonyl (C=O) groups is 1. The van der Waals surface area contributed by atoms with Gasteiger partial charge in [-0.3, -0.25) is 9.36 Å². The molecule has 1 aliphatic rings. The Morgan fingerprint density at radius 2 is 2.00 bits per heavy atom. The maximum atomic E-state index is 13.2. The topological polar surface area (TPSA) is 60.7 Å². The molecule has 0 spiro atoms. The van der Waals surface area contributed by atoms with Gasteiger partial charge in [-0.2, -0.15) is 0 Å². The number of aromatic nitrogens is 1. The summed E-state index contributed by atoms with van der Waals surface area (Å²) in [6.45, 7) is 1.78. The van der Waals surface area contributed by atoms with Crippen LogP contribution in [0.2, 0.25) is 0 Å². The van der Waals surface area contributed by atoms with Crippen LogP contribution in [0, 0.1) is 0 Å². The van der Waals surface area contributed by atoms with E-state index in [-0.39, 0.29) is 5.56 Å². The molecule has 7 heteroatoms. The van der Waals surface area contributed by atoms with Gasteiger partial charge in [0, 0.05) is 4.88 Å². The van der Waals surface area contributed by atoms with E-state index in [1.54, 1.807) is 11.5 Å². The molecular formula is C20H16N2O3S2. The minimum Gasteiger partial charge on any atom is -0.466 e. The molecule has 2 aromatic heterocycles. The van der Waals surface area contributed by atoms with Crippen molar-refractivity contribution in [3.8, 4) is 0 Å². The number of esters is 1. The number of thiazole rings is 1. The number of allylic oxidation sites excluding steroid dienone is 1. The summed E-state index contributed by atoms with van der Waals surface area (Å²) in [7, 11) is 1.34. The molecular weight excluding hydrogens is 380 g/mol. The number of hydrogen-bond donors (Lipinski definition) is 0. The Morgan fingerprint density at radius 3 is 2.67 bits per heavy atom. The van der Waals surface area contributed by atoms with Gasteiger partial charge in [0.25, 0.3) is 5.56 Å². The fourth-order valence-corrected chi connectivity index (χ4v) is 4.98. The van der Waals surface area contributed by atoms with Crippen molar-refractivity contribution >= 4 is 34.7 Å². The normalized spacial score (nSPS) is 16.8. The van der Waals surface area contributed by atoms with Crippen LogP contribution in [0.1, 0.15) is 23.4 Å². The Bertz CT molecular complexity index is 1200. The lowest BCUT2D eigenvalue weighted by Gasteiger charge is -2.22. The summed E-state index contributed by atoms with van der Waals surface area (Å²) in [4.78, 5) is 31.7. The van der Waals surface area contributed by atoms with Crippen molar-refractivity contribution < 1.29 is 9.53 Å². The molecule has 0 fully saturated rings. The highest BCUT2D eigenvalue weighted by Gasteiger charge is 2.33. The Morgan fingerprint density at radius 1 is 1.22 bits per heavy atom. The van der Waals surface area contributed by atoms with Gasteiger partial charge in [-0.25, -0.2) is 9.79 Å². The lowest BCUT2D eigenvalue weighted by molar-refractivity contribution is -0.136. The Balaban J connectivity index is 1.98. The molecule has 1 atom stereocenters. The van der Waals surface area contributed by atoms with Gasteiger partial charge < -0.3 is 4.74 Å². The third kappa shape index (κ3) is 3.09. The lowest BCUT2D eigenvalue weighted by atomic mass is 10.0. The molecule has 0 radical (unpaired) electrons. The average Bonchev–Trinajstić information content (AvgIpc) is 3.30. The molecule has 0 amide bonds. The van der Waals surface area contributed by atoms with Crippen LogP contribution in [-0.2, 0) is 9.53 Å². The highest BCUT2D eigenvalue weighted by molar-refractivity contribution is 7.10. The van der Waals surface area contributed by atoms with Crippen LogP contribution in [0.3, 0.4) is 0 Å². The number of benzene rings is 1. The Kier molecular flexibility index (Phi) is 4.63. The molecule has 136 valence electrons. The summed E-state index contributed by atoms with van der Waals surface area (Å²) in [5.74, 6) is -0.466. The first-order chi connectivity index (χ1) is 13.1. The quantitative estimate of drug-likeness (QED) is 0.639. The molecule has 0 unspecified atom stereocenters. The third-order valence-corrected chi connectivity index (χ3v) is 6.24. The van der Waals surface area contributed by atoms with Crippen molar-refractivity contribution in [1.29, 1.82) is 0 Å². The maximum absolute atomic E-state index is 13.2. The summed E-state index contributed by atoms with van der Waals surface area (Å²) >= 11 is 2.83. The summed E-state index contributed by atoms with van der Waals surface area (Å²) in [5, 5.41) is 1.93. The number of methoxy groups -OCH3 is 1. The van der Waals surface area contributed by atoms with E-state index in [4.69, 9.17) is 4.74 Å². The summed E-state index contributed by atoms with van der Waals surface area (Å²) in [6.07, 6.45) is 1.85. The van der Waals surface area contributed by atoms with E-state index in [0.29, 0.717) is 20.6 Å². The maximum Gasteiger partial charge on any atom is 0.338 e. The van der Waals surface area contributed by atoms with Gasteiger partial charge in [-0.1, -0.05) is 47.7 Å². The van der Waals surface area contributed by atoms with Crippen molar-refractivity contribution in [2.24, 2.45) is 4.99 Å². The number of hydrogen-bond acceptors (Lipinski definition) is 6. The molecule has 1 aliphatic heterocycles. The van der Waals surface area contributed by atoms with E-state index in [2.05, 4.69) is 4.99 Å². The van der Waals surface area contributed by atoms with Gasteiger partial charge in [0.2, 0.25) is 0 Å². The fraction of sp³-hybridized carbons (Fsp3) is 0.150. The number of rotatable bonds is 3. The van der Waals surface area contributed by atoms with Crippen molar-refractivity contribution in [1.82, 2.24) is 4.57 Å². The first-order valence-corrected chi connectivity index (χ1v) is 9.99. The molecule has 0 saturated heterocycles. The zero-order valence-corrected chi connectivity index (χ0v) is 16.3. The highest BCUT2D eigenvalue weighted by Crippen LogP contribution is 2.32. The summed E-state index contributed by atoms with van der Waals surface area (Å²) in [5.41, 5.74) is 1.76. The predicted molar refractivity (Wildman–Crippen MR) is 107 cm³/mol. The molecule has 0 saturated carbocycles. The van der Waals surface area contributed by atoms with Gasteiger partial charge in [0.15, 0.2) is 4.80 Å². The fourth-order valence-electron chi connectivity index (χ4n) is 3.11. The van der Waals surface area contributed by atoms with Crippen molar-refractivity contribution in [2.45, 2.75) is 13.0 Å². The molecule has 0 N–H and O–H groups in total. The molecule has 4 rings (SSSR count). The molecule has 27 heavy (non-hydrogen) atoms. The number of thiophene rings is 1. The minimum atomic E-state index is -0.522. The van der Waals surface area contributed by atoms with Gasteiger partial charge in [-0.15, -0.1) is 11.3 Å². The van der Waals surface area contributed by atoms with Gasteiger partial charge in [0.1, 0.15) is 6.04 Å². The third-order valence-electron chi connectivity index (χ3n) is 4.34. The van der Waals surface area contributed by atoms with E-state index in [1.807, 2.05) is 53.9 Å². The van der Waals surface area contributed by atoms with E-state index in [9.17, 15) is 9.59 Å². The largest absolute Gasteiger partial charge is 0.466 e. The molecule has 3 aromatic rings. The van der Waals surface area contributed by atoms with E-state index < -0.39 is 12.0 Å². The zero-order chi connectivity index (χ0) is 19.0. The van der Waals surface area contributed by atoms with Crippen LogP contribution in [0.25, 0.3) is 6.08 Å². The number of nitrogens with zero attached hydrogens (tertiary/aromatic N) is 2. The molecule has 1 aromatic carbocycles. The van der Waals surface area contributed by atoms with Crippen molar-refractivity contribution in [2.75, 3.05) is 7.11 Å². The summed E-state index contributed by atoms with van der Waals surface area (Å²) < 4.78 is 7.16. The van der Waals surface area contributed by atoms with Gasteiger partial charge in [0.05, 0.1) is 22.9 Å². The van der Waals surface area contributed by atoms with Crippen LogP contribution in [0.5, 0.6) is 0 Å². The minimum absolute atomic E-state index is 0.157. The molecule has 3 heterocycles. The zero-order valence-electron chi connectivity index (χ0n) is 14.7. The molecule has 0 aliphatic carbocycles. The first-order valence-electron chi connectivity index (χ1n) is 8.29. The van der Waals surface area contributed by atoms with E-state index in [1.165, 1.54) is 29.8 Å². The van der Waals surface area contributed by atoms with Crippen molar-refractivity contribution in [3.05, 3.63) is 89.2 Å². The van der Waals surface area contributed by atoms with E-state index >= 15 is 0 Å². The van der Waals surface area contributed by atoms with Crippen LogP contribution in [-0.4, -0.2) is 17.6 Å². The number of fused-ring (bicyclic) bond motifs is 1. The standard InChI is InChI=1S/C20H16N2O3S2/c1-12-16(19(24)25-2)17(14-9-6-10-26-14)22-18(23)15(27-20(22)21-12)11-13-7-4-3-5-8-13/h3-11,17H,1-2H3/b15-11-/t17-/m0/s1. The smallest absolute Gasteiger partial charge is 0.338 e.